The van der Waals surface area contributed by atoms with Gasteiger partial charge in [0.05, 0.1) is 0 Å². The zero-order chi connectivity index (χ0) is 38.9. The van der Waals surface area contributed by atoms with E-state index in [0.717, 1.165) is 44.5 Å². The molecule has 0 fully saturated rings. The van der Waals surface area contributed by atoms with E-state index in [9.17, 15) is 0 Å². The van der Waals surface area contributed by atoms with Crippen molar-refractivity contribution < 1.29 is 8.83 Å². The first-order valence-electron chi connectivity index (χ1n) is 20.0. The third kappa shape index (κ3) is 4.75. The number of benzene rings is 8. The Morgan fingerprint density at radius 1 is 0.379 bits per heavy atom. The molecule has 0 unspecified atom stereocenters. The van der Waals surface area contributed by atoms with Crippen molar-refractivity contribution in [1.29, 1.82) is 0 Å². The number of nitrogens with zero attached hydrogens (tertiary/aromatic N) is 2. The number of rotatable bonds is 4. The van der Waals surface area contributed by atoms with E-state index in [4.69, 9.17) is 18.8 Å². The molecular weight excluding hydrogens is 709 g/mol. The molecule has 0 spiro atoms. The van der Waals surface area contributed by atoms with Crippen molar-refractivity contribution in [3.63, 3.8) is 0 Å². The summed E-state index contributed by atoms with van der Waals surface area (Å²) in [6, 6.07) is 56.6. The molecule has 8 aromatic carbocycles. The van der Waals surface area contributed by atoms with Gasteiger partial charge in [0.25, 0.3) is 0 Å². The van der Waals surface area contributed by atoms with Crippen molar-refractivity contribution in [2.24, 2.45) is 0 Å². The first-order valence-corrected chi connectivity index (χ1v) is 20.0. The maximum absolute atomic E-state index is 6.30. The molecule has 0 bridgehead atoms. The Kier molecular flexibility index (Phi) is 6.71. The average molecular weight is 747 g/mol. The fraction of sp³-hybridized carbons (Fsp3) is 0.111. The monoisotopic (exact) mass is 746 g/mol. The van der Waals surface area contributed by atoms with Crippen LogP contribution >= 0.6 is 0 Å². The molecule has 0 amide bonds. The zero-order valence-electron chi connectivity index (χ0n) is 32.7. The van der Waals surface area contributed by atoms with Gasteiger partial charge in [-0.15, -0.1) is 0 Å². The van der Waals surface area contributed by atoms with Gasteiger partial charge in [0.1, 0.15) is 11.0 Å². The number of hydrogen-bond donors (Lipinski definition) is 0. The standard InChI is InChI=1S/C54H38N2O2/c1-53(2)42-24-20-31-11-5-6-12-38(31)50(42)41-23-19-33(29-45(41)53)32-17-21-39-40-22-18-34(30-44(40)54(3,4)43(39)28-32)35-25-36(51-55-46-13-7-9-15-48(46)57-51)27-37(26-35)52-56-47-14-8-10-16-49(47)58-52/h5-30H,1-4H3. The summed E-state index contributed by atoms with van der Waals surface area (Å²) in [5.74, 6) is 1.13. The van der Waals surface area contributed by atoms with Crippen LogP contribution in [0.3, 0.4) is 0 Å². The largest absolute Gasteiger partial charge is 0.436 e. The van der Waals surface area contributed by atoms with Crippen molar-refractivity contribution >= 4 is 33.0 Å². The lowest BCUT2D eigenvalue weighted by atomic mass is 9.80. The minimum Gasteiger partial charge on any atom is -0.436 e. The van der Waals surface area contributed by atoms with E-state index >= 15 is 0 Å². The lowest BCUT2D eigenvalue weighted by Crippen LogP contribution is -2.15. The first kappa shape index (κ1) is 33.1. The van der Waals surface area contributed by atoms with Crippen LogP contribution < -0.4 is 0 Å². The summed E-state index contributed by atoms with van der Waals surface area (Å²) in [4.78, 5) is 9.74. The second kappa shape index (κ2) is 11.7. The van der Waals surface area contributed by atoms with Gasteiger partial charge in [0, 0.05) is 22.0 Å². The minimum atomic E-state index is -0.219. The van der Waals surface area contributed by atoms with Gasteiger partial charge in [-0.3, -0.25) is 0 Å². The fourth-order valence-electron chi connectivity index (χ4n) is 9.82. The van der Waals surface area contributed by atoms with Gasteiger partial charge in [-0.25, -0.2) is 9.97 Å². The molecular formula is C54H38N2O2. The molecule has 12 rings (SSSR count). The second-order valence-corrected chi connectivity index (χ2v) is 17.0. The summed E-state index contributed by atoms with van der Waals surface area (Å²) in [6.45, 7) is 9.46. The van der Waals surface area contributed by atoms with Crippen LogP contribution in [0, 0.1) is 0 Å². The Hall–Kier alpha value is -7.04. The molecule has 0 N–H and O–H groups in total. The molecule has 0 aliphatic heterocycles. The van der Waals surface area contributed by atoms with Gasteiger partial charge >= 0.3 is 0 Å². The molecule has 0 saturated heterocycles. The quantitative estimate of drug-likeness (QED) is 0.180. The smallest absolute Gasteiger partial charge is 0.227 e. The summed E-state index contributed by atoms with van der Waals surface area (Å²) in [5, 5.41) is 2.62. The normalized spacial score (nSPS) is 14.5. The zero-order valence-corrected chi connectivity index (χ0v) is 32.7. The highest BCUT2D eigenvalue weighted by atomic mass is 16.4. The Labute approximate surface area is 336 Å². The van der Waals surface area contributed by atoms with Crippen LogP contribution in [0.5, 0.6) is 0 Å². The molecule has 4 heteroatoms. The number of para-hydroxylation sites is 4. The van der Waals surface area contributed by atoms with E-state index in [0.29, 0.717) is 11.8 Å². The lowest BCUT2D eigenvalue weighted by Gasteiger charge is -2.23. The van der Waals surface area contributed by atoms with Crippen molar-refractivity contribution in [1.82, 2.24) is 9.97 Å². The van der Waals surface area contributed by atoms with Crippen LogP contribution in [0.25, 0.3) is 100 Å². The average Bonchev–Trinajstić information content (AvgIpc) is 4.00. The Morgan fingerprint density at radius 2 is 0.845 bits per heavy atom. The van der Waals surface area contributed by atoms with Crippen LogP contribution in [0.1, 0.15) is 49.9 Å². The van der Waals surface area contributed by atoms with Gasteiger partial charge in [0.15, 0.2) is 11.2 Å². The van der Waals surface area contributed by atoms with E-state index < -0.39 is 0 Å². The van der Waals surface area contributed by atoms with Gasteiger partial charge in [0.2, 0.25) is 11.8 Å². The molecule has 276 valence electrons. The molecule has 2 aliphatic carbocycles. The Morgan fingerprint density at radius 3 is 1.43 bits per heavy atom. The van der Waals surface area contributed by atoms with E-state index in [1.54, 1.807) is 0 Å². The van der Waals surface area contributed by atoms with E-state index in [2.05, 4.69) is 137 Å². The highest BCUT2D eigenvalue weighted by Gasteiger charge is 2.38. The number of hydrogen-bond acceptors (Lipinski definition) is 4. The van der Waals surface area contributed by atoms with Gasteiger partial charge in [-0.2, -0.15) is 0 Å². The Balaban J connectivity index is 0.945. The summed E-state index contributed by atoms with van der Waals surface area (Å²) in [6.07, 6.45) is 0. The SMILES string of the molecule is CC1(C)c2cc(-c3cc(-c4nc5ccccc5o4)cc(-c4nc5ccccc5o4)c3)ccc2-c2ccc(-c3ccc4c(c3)C(C)(C)c3ccc5ccccc5c3-4)cc21. The van der Waals surface area contributed by atoms with Crippen LogP contribution in [0.15, 0.2) is 167 Å². The second-order valence-electron chi connectivity index (χ2n) is 17.0. The molecule has 2 aliphatic rings. The number of aromatic nitrogens is 2. The molecule has 0 atom stereocenters. The van der Waals surface area contributed by atoms with Gasteiger partial charge in [-0.05, 0) is 138 Å². The van der Waals surface area contributed by atoms with Crippen molar-refractivity contribution in [2.75, 3.05) is 0 Å². The molecule has 0 radical (unpaired) electrons. The van der Waals surface area contributed by atoms with E-state index in [1.807, 2.05) is 48.5 Å². The third-order valence-corrected chi connectivity index (χ3v) is 12.9. The fourth-order valence-corrected chi connectivity index (χ4v) is 9.82. The molecule has 4 nitrogen and oxygen atoms in total. The van der Waals surface area contributed by atoms with E-state index in [1.165, 1.54) is 66.4 Å². The van der Waals surface area contributed by atoms with Crippen molar-refractivity contribution in [2.45, 2.75) is 38.5 Å². The first-order chi connectivity index (χ1) is 28.2. The van der Waals surface area contributed by atoms with Gasteiger partial charge < -0.3 is 8.83 Å². The van der Waals surface area contributed by atoms with Crippen LogP contribution in [0.4, 0.5) is 0 Å². The minimum absolute atomic E-state index is 0.0918. The highest BCUT2D eigenvalue weighted by molar-refractivity contribution is 6.03. The highest BCUT2D eigenvalue weighted by Crippen LogP contribution is 2.54. The van der Waals surface area contributed by atoms with Crippen molar-refractivity contribution in [3.05, 3.63) is 180 Å². The summed E-state index contributed by atoms with van der Waals surface area (Å²) < 4.78 is 12.6. The molecule has 58 heavy (non-hydrogen) atoms. The van der Waals surface area contributed by atoms with E-state index in [-0.39, 0.29) is 10.8 Å². The predicted molar refractivity (Wildman–Crippen MR) is 236 cm³/mol. The number of oxazole rings is 2. The topological polar surface area (TPSA) is 52.1 Å². The predicted octanol–water partition coefficient (Wildman–Crippen LogP) is 14.4. The molecule has 0 saturated carbocycles. The summed E-state index contributed by atoms with van der Waals surface area (Å²) >= 11 is 0. The van der Waals surface area contributed by atoms with Crippen LogP contribution in [0.2, 0.25) is 0 Å². The molecule has 10 aromatic rings. The maximum atomic E-state index is 6.30. The maximum Gasteiger partial charge on any atom is 0.227 e. The van der Waals surface area contributed by atoms with Crippen molar-refractivity contribution in [3.8, 4) is 67.4 Å². The number of fused-ring (bicyclic) bond motifs is 10. The molecule has 2 heterocycles. The lowest BCUT2D eigenvalue weighted by molar-refractivity contribution is 0.617. The summed E-state index contributed by atoms with van der Waals surface area (Å²) in [7, 11) is 0. The third-order valence-electron chi connectivity index (χ3n) is 12.9. The molecule has 2 aromatic heterocycles. The van der Waals surface area contributed by atoms with Crippen LogP contribution in [-0.2, 0) is 10.8 Å². The van der Waals surface area contributed by atoms with Crippen LogP contribution in [-0.4, -0.2) is 9.97 Å². The van der Waals surface area contributed by atoms with Gasteiger partial charge in [-0.1, -0.05) is 125 Å². The summed E-state index contributed by atoms with van der Waals surface area (Å²) in [5.41, 5.74) is 20.0. The Bertz CT molecular complexity index is 3200.